The summed E-state index contributed by atoms with van der Waals surface area (Å²) in [5.74, 6) is -1.21. The quantitative estimate of drug-likeness (QED) is 0.390. The Bertz CT molecular complexity index is 239. The first-order chi connectivity index (χ1) is 6.38. The molecule has 80 valence electrons. The van der Waals surface area contributed by atoms with Gasteiger partial charge < -0.3 is 9.47 Å². The summed E-state index contributed by atoms with van der Waals surface area (Å²) in [4.78, 5) is 22.8. The van der Waals surface area contributed by atoms with Gasteiger partial charge >= 0.3 is 11.9 Å². The van der Waals surface area contributed by atoms with Gasteiger partial charge in [-0.15, -0.1) is 6.58 Å². The molecule has 0 amide bonds. The van der Waals surface area contributed by atoms with E-state index in [2.05, 4.69) is 16.1 Å². The Hall–Kier alpha value is -1.32. The molecule has 0 aliphatic carbocycles. The predicted octanol–water partition coefficient (Wildman–Crippen LogP) is 1.30. The van der Waals surface area contributed by atoms with Gasteiger partial charge in [0.1, 0.15) is 0 Å². The van der Waals surface area contributed by atoms with Crippen LogP contribution in [-0.2, 0) is 19.1 Å². The molecule has 0 aliphatic heterocycles. The summed E-state index contributed by atoms with van der Waals surface area (Å²) in [6, 6.07) is 0. The largest absolute Gasteiger partial charge is 0.468 e. The number of carbonyl (C=O) groups is 2. The van der Waals surface area contributed by atoms with Crippen LogP contribution in [0, 0.1) is 5.41 Å². The molecule has 0 fully saturated rings. The highest BCUT2D eigenvalue weighted by Crippen LogP contribution is 2.28. The monoisotopic (exact) mass is 200 g/mol. The van der Waals surface area contributed by atoms with Crippen LogP contribution in [0.3, 0.4) is 0 Å². The highest BCUT2D eigenvalue weighted by Gasteiger charge is 2.43. The molecule has 0 heterocycles. The van der Waals surface area contributed by atoms with Gasteiger partial charge in [-0.25, -0.2) is 0 Å². The second-order valence-corrected chi connectivity index (χ2v) is 3.45. The highest BCUT2D eigenvalue weighted by atomic mass is 16.5. The third-order valence-corrected chi connectivity index (χ3v) is 1.93. The van der Waals surface area contributed by atoms with Crippen LogP contribution in [0.15, 0.2) is 12.2 Å². The number of rotatable bonds is 4. The molecule has 14 heavy (non-hydrogen) atoms. The van der Waals surface area contributed by atoms with Crippen molar-refractivity contribution in [3.8, 4) is 0 Å². The minimum Gasteiger partial charge on any atom is -0.468 e. The fourth-order valence-electron chi connectivity index (χ4n) is 1.28. The molecule has 0 N–H and O–H groups in total. The van der Waals surface area contributed by atoms with Crippen LogP contribution in [0.25, 0.3) is 0 Å². The maximum absolute atomic E-state index is 11.4. The summed E-state index contributed by atoms with van der Waals surface area (Å²) < 4.78 is 9.12. The Morgan fingerprint density at radius 1 is 1.21 bits per heavy atom. The first kappa shape index (κ1) is 12.7. The van der Waals surface area contributed by atoms with Crippen LogP contribution < -0.4 is 0 Å². The summed E-state index contributed by atoms with van der Waals surface area (Å²) in [6.45, 7) is 6.88. The van der Waals surface area contributed by atoms with Gasteiger partial charge in [-0.1, -0.05) is 5.57 Å². The van der Waals surface area contributed by atoms with E-state index in [4.69, 9.17) is 0 Å². The average Bonchev–Trinajstić information content (AvgIpc) is 2.13. The van der Waals surface area contributed by atoms with Crippen molar-refractivity contribution < 1.29 is 19.1 Å². The number of allylic oxidation sites excluding steroid dienone is 1. The van der Waals surface area contributed by atoms with E-state index >= 15 is 0 Å². The lowest BCUT2D eigenvalue weighted by molar-refractivity contribution is -0.167. The lowest BCUT2D eigenvalue weighted by atomic mass is 9.84. The minimum atomic E-state index is -1.28. The van der Waals surface area contributed by atoms with Gasteiger partial charge in [0.05, 0.1) is 14.2 Å². The maximum atomic E-state index is 11.4. The van der Waals surface area contributed by atoms with Crippen molar-refractivity contribution in [3.63, 3.8) is 0 Å². The Balaban J connectivity index is 4.93. The normalized spacial score (nSPS) is 10.6. The number of methoxy groups -OCH3 is 2. The van der Waals surface area contributed by atoms with E-state index in [9.17, 15) is 9.59 Å². The molecule has 0 rings (SSSR count). The Morgan fingerprint density at radius 2 is 1.57 bits per heavy atom. The molecule has 0 aromatic rings. The first-order valence-corrected chi connectivity index (χ1v) is 4.19. The molecule has 0 atom stereocenters. The van der Waals surface area contributed by atoms with Crippen molar-refractivity contribution in [2.45, 2.75) is 20.3 Å². The zero-order valence-corrected chi connectivity index (χ0v) is 9.05. The van der Waals surface area contributed by atoms with Crippen molar-refractivity contribution in [2.75, 3.05) is 14.2 Å². The molecule has 0 radical (unpaired) electrons. The van der Waals surface area contributed by atoms with Crippen LogP contribution in [0.1, 0.15) is 20.3 Å². The number of hydrogen-bond donors (Lipinski definition) is 0. The Labute approximate surface area is 83.9 Å². The SMILES string of the molecule is C=C(C)CC(C)(C(=O)OC)C(=O)OC. The van der Waals surface area contributed by atoms with Crippen LogP contribution in [-0.4, -0.2) is 26.2 Å². The fourth-order valence-corrected chi connectivity index (χ4v) is 1.28. The Morgan fingerprint density at radius 3 is 1.79 bits per heavy atom. The van der Waals surface area contributed by atoms with E-state index in [1.807, 2.05) is 0 Å². The van der Waals surface area contributed by atoms with Gasteiger partial charge in [-0.05, 0) is 20.3 Å². The zero-order valence-electron chi connectivity index (χ0n) is 9.05. The maximum Gasteiger partial charge on any atom is 0.323 e. The first-order valence-electron chi connectivity index (χ1n) is 4.19. The molecule has 0 saturated heterocycles. The van der Waals surface area contributed by atoms with Gasteiger partial charge in [0.25, 0.3) is 0 Å². The zero-order chi connectivity index (χ0) is 11.4. The second kappa shape index (κ2) is 4.79. The van der Waals surface area contributed by atoms with Gasteiger partial charge in [-0.3, -0.25) is 9.59 Å². The van der Waals surface area contributed by atoms with Gasteiger partial charge in [0, 0.05) is 0 Å². The van der Waals surface area contributed by atoms with Crippen LogP contribution in [0.2, 0.25) is 0 Å². The molecule has 4 heteroatoms. The van der Waals surface area contributed by atoms with Crippen LogP contribution >= 0.6 is 0 Å². The van der Waals surface area contributed by atoms with Crippen molar-refractivity contribution in [3.05, 3.63) is 12.2 Å². The van der Waals surface area contributed by atoms with Gasteiger partial charge in [0.15, 0.2) is 5.41 Å². The third-order valence-electron chi connectivity index (χ3n) is 1.93. The molecular formula is C10H16O4. The molecule has 0 saturated carbocycles. The van der Waals surface area contributed by atoms with E-state index < -0.39 is 17.4 Å². The van der Waals surface area contributed by atoms with E-state index in [-0.39, 0.29) is 6.42 Å². The number of esters is 2. The third kappa shape index (κ3) is 2.58. The molecule has 0 aromatic carbocycles. The molecular weight excluding hydrogens is 184 g/mol. The molecule has 0 aliphatic rings. The van der Waals surface area contributed by atoms with Crippen molar-refractivity contribution >= 4 is 11.9 Å². The average molecular weight is 200 g/mol. The molecule has 0 aromatic heterocycles. The van der Waals surface area contributed by atoms with Gasteiger partial charge in [0.2, 0.25) is 0 Å². The highest BCUT2D eigenvalue weighted by molar-refractivity contribution is 5.99. The topological polar surface area (TPSA) is 52.6 Å². The Kier molecular flexibility index (Phi) is 4.34. The summed E-state index contributed by atoms with van der Waals surface area (Å²) in [5, 5.41) is 0. The lowest BCUT2D eigenvalue weighted by Gasteiger charge is -2.23. The number of ether oxygens (including phenoxy) is 2. The standard InChI is InChI=1S/C10H16O4/c1-7(2)6-10(3,8(11)13-4)9(12)14-5/h1,6H2,2-5H3. The molecule has 0 unspecified atom stereocenters. The smallest absolute Gasteiger partial charge is 0.323 e. The van der Waals surface area contributed by atoms with Crippen molar-refractivity contribution in [2.24, 2.45) is 5.41 Å². The van der Waals surface area contributed by atoms with Crippen LogP contribution in [0.4, 0.5) is 0 Å². The summed E-state index contributed by atoms with van der Waals surface area (Å²) >= 11 is 0. The lowest BCUT2D eigenvalue weighted by Crippen LogP contribution is -2.38. The fraction of sp³-hybridized carbons (Fsp3) is 0.600. The van der Waals surface area contributed by atoms with Crippen LogP contribution in [0.5, 0.6) is 0 Å². The summed E-state index contributed by atoms with van der Waals surface area (Å²) in [6.07, 6.45) is 0.229. The van der Waals surface area contributed by atoms with E-state index in [0.29, 0.717) is 0 Å². The molecule has 0 spiro atoms. The number of carbonyl (C=O) groups excluding carboxylic acids is 2. The molecule has 0 bridgehead atoms. The number of hydrogen-bond acceptors (Lipinski definition) is 4. The minimum absolute atomic E-state index is 0.229. The summed E-state index contributed by atoms with van der Waals surface area (Å²) in [5.41, 5.74) is -0.557. The van der Waals surface area contributed by atoms with E-state index in [0.717, 1.165) is 5.57 Å². The van der Waals surface area contributed by atoms with Gasteiger partial charge in [-0.2, -0.15) is 0 Å². The predicted molar refractivity (Wildman–Crippen MR) is 51.6 cm³/mol. The summed E-state index contributed by atoms with van der Waals surface area (Å²) in [7, 11) is 2.48. The van der Waals surface area contributed by atoms with E-state index in [1.165, 1.54) is 21.1 Å². The molecule has 4 nitrogen and oxygen atoms in total. The van der Waals surface area contributed by atoms with Crippen molar-refractivity contribution in [1.29, 1.82) is 0 Å². The van der Waals surface area contributed by atoms with Crippen molar-refractivity contribution in [1.82, 2.24) is 0 Å². The second-order valence-electron chi connectivity index (χ2n) is 3.45. The van der Waals surface area contributed by atoms with E-state index in [1.54, 1.807) is 6.92 Å².